The molecule has 1 unspecified atom stereocenters. The SMILES string of the molecule is CC(=O)C1C=CC(c2ccccc2)=CC1(Cl)Cl. The molecular weight excluding hydrogens is 255 g/mol. The summed E-state index contributed by atoms with van der Waals surface area (Å²) in [5, 5.41) is 0. The number of carbonyl (C=O) groups is 1. The third kappa shape index (κ3) is 2.62. The normalized spacial score (nSPS) is 22.1. The molecule has 0 N–H and O–H groups in total. The number of Topliss-reactive ketones (excluding diaryl/α,β-unsaturated/α-hetero) is 1. The summed E-state index contributed by atoms with van der Waals surface area (Å²) in [4.78, 5) is 11.4. The fourth-order valence-corrected chi connectivity index (χ4v) is 2.58. The van der Waals surface area contributed by atoms with Crippen LogP contribution in [0.15, 0.2) is 48.6 Å². The zero-order chi connectivity index (χ0) is 12.5. The number of alkyl halides is 2. The van der Waals surface area contributed by atoms with Gasteiger partial charge in [0.1, 0.15) is 10.1 Å². The summed E-state index contributed by atoms with van der Waals surface area (Å²) in [5.41, 5.74) is 1.98. The second-order valence-corrected chi connectivity index (χ2v) is 5.53. The summed E-state index contributed by atoms with van der Waals surface area (Å²) in [7, 11) is 0. The van der Waals surface area contributed by atoms with E-state index >= 15 is 0 Å². The fourth-order valence-electron chi connectivity index (χ4n) is 1.89. The van der Waals surface area contributed by atoms with Crippen molar-refractivity contribution in [1.29, 1.82) is 0 Å². The van der Waals surface area contributed by atoms with Gasteiger partial charge in [-0.05, 0) is 24.1 Å². The molecule has 1 aliphatic rings. The number of halogens is 2. The Morgan fingerprint density at radius 2 is 1.88 bits per heavy atom. The summed E-state index contributed by atoms with van der Waals surface area (Å²) in [6.07, 6.45) is 5.40. The number of carbonyl (C=O) groups excluding carboxylic acids is 1. The lowest BCUT2D eigenvalue weighted by Gasteiger charge is -2.26. The molecule has 1 nitrogen and oxygen atoms in total. The standard InChI is InChI=1S/C14H12Cl2O/c1-10(17)13-8-7-12(9-14(13,15)16)11-5-3-2-4-6-11/h2-9,13H,1H3. The van der Waals surface area contributed by atoms with Crippen molar-refractivity contribution in [2.45, 2.75) is 11.3 Å². The molecule has 17 heavy (non-hydrogen) atoms. The third-order valence-electron chi connectivity index (χ3n) is 2.78. The lowest BCUT2D eigenvalue weighted by atomic mass is 9.90. The maximum absolute atomic E-state index is 11.4. The highest BCUT2D eigenvalue weighted by Crippen LogP contribution is 2.40. The monoisotopic (exact) mass is 266 g/mol. The zero-order valence-corrected chi connectivity index (χ0v) is 10.9. The topological polar surface area (TPSA) is 17.1 Å². The van der Waals surface area contributed by atoms with Crippen LogP contribution in [0.2, 0.25) is 0 Å². The molecule has 0 aromatic heterocycles. The molecule has 1 aliphatic carbocycles. The minimum absolute atomic E-state index is 0.0328. The molecule has 0 bridgehead atoms. The Kier molecular flexibility index (Phi) is 3.41. The minimum atomic E-state index is -1.16. The first-order valence-corrected chi connectivity index (χ1v) is 6.11. The molecule has 88 valence electrons. The molecule has 0 aliphatic heterocycles. The Morgan fingerprint density at radius 1 is 1.24 bits per heavy atom. The number of hydrogen-bond donors (Lipinski definition) is 0. The van der Waals surface area contributed by atoms with E-state index in [0.29, 0.717) is 0 Å². The lowest BCUT2D eigenvalue weighted by molar-refractivity contribution is -0.119. The van der Waals surface area contributed by atoms with Crippen molar-refractivity contribution in [2.75, 3.05) is 0 Å². The third-order valence-corrected chi connectivity index (χ3v) is 3.46. The first-order chi connectivity index (χ1) is 8.00. The lowest BCUT2D eigenvalue weighted by Crippen LogP contribution is -2.29. The predicted molar refractivity (Wildman–Crippen MR) is 72.2 cm³/mol. The number of ketones is 1. The highest BCUT2D eigenvalue weighted by atomic mass is 35.5. The van der Waals surface area contributed by atoms with Crippen LogP contribution in [0.3, 0.4) is 0 Å². The smallest absolute Gasteiger partial charge is 0.150 e. The van der Waals surface area contributed by atoms with Gasteiger partial charge in [0.2, 0.25) is 0 Å². The van der Waals surface area contributed by atoms with Gasteiger partial charge in [0, 0.05) is 0 Å². The average molecular weight is 267 g/mol. The molecule has 3 heteroatoms. The molecule has 0 heterocycles. The van der Waals surface area contributed by atoms with Crippen LogP contribution in [0.25, 0.3) is 5.57 Å². The summed E-state index contributed by atoms with van der Waals surface area (Å²) in [6.45, 7) is 1.50. The van der Waals surface area contributed by atoms with Gasteiger partial charge in [0.15, 0.2) is 0 Å². The summed E-state index contributed by atoms with van der Waals surface area (Å²) in [6, 6.07) is 9.81. The van der Waals surface area contributed by atoms with Crippen LogP contribution in [0.4, 0.5) is 0 Å². The molecule has 2 rings (SSSR count). The molecule has 0 fully saturated rings. The largest absolute Gasteiger partial charge is 0.299 e. The van der Waals surface area contributed by atoms with E-state index in [4.69, 9.17) is 23.2 Å². The summed E-state index contributed by atoms with van der Waals surface area (Å²) < 4.78 is -1.16. The van der Waals surface area contributed by atoms with Gasteiger partial charge in [-0.25, -0.2) is 0 Å². The number of benzene rings is 1. The van der Waals surface area contributed by atoms with Crippen molar-refractivity contribution in [1.82, 2.24) is 0 Å². The molecule has 1 aromatic rings. The van der Waals surface area contributed by atoms with Crippen molar-refractivity contribution in [3.8, 4) is 0 Å². The highest BCUT2D eigenvalue weighted by molar-refractivity contribution is 6.51. The van der Waals surface area contributed by atoms with Crippen LogP contribution in [0, 0.1) is 5.92 Å². The Labute approximate surface area is 111 Å². The number of allylic oxidation sites excluding steroid dienone is 4. The van der Waals surface area contributed by atoms with Crippen LogP contribution in [0.1, 0.15) is 12.5 Å². The first-order valence-electron chi connectivity index (χ1n) is 5.35. The van der Waals surface area contributed by atoms with E-state index in [-0.39, 0.29) is 5.78 Å². The maximum atomic E-state index is 11.4. The Morgan fingerprint density at radius 3 is 2.41 bits per heavy atom. The molecule has 1 aromatic carbocycles. The van der Waals surface area contributed by atoms with Crippen LogP contribution < -0.4 is 0 Å². The van der Waals surface area contributed by atoms with E-state index < -0.39 is 10.3 Å². The van der Waals surface area contributed by atoms with E-state index in [9.17, 15) is 4.79 Å². The van der Waals surface area contributed by atoms with Gasteiger partial charge in [-0.2, -0.15) is 0 Å². The molecule has 0 saturated heterocycles. The molecule has 0 amide bonds. The molecule has 0 spiro atoms. The quantitative estimate of drug-likeness (QED) is 0.739. The van der Waals surface area contributed by atoms with Crippen molar-refractivity contribution in [2.24, 2.45) is 5.92 Å². The van der Waals surface area contributed by atoms with E-state index in [2.05, 4.69) is 0 Å². The molecule has 0 radical (unpaired) electrons. The predicted octanol–water partition coefficient (Wildman–Crippen LogP) is 4.02. The molecular formula is C14H12Cl2O. The molecule has 0 saturated carbocycles. The van der Waals surface area contributed by atoms with E-state index in [1.165, 1.54) is 6.92 Å². The highest BCUT2D eigenvalue weighted by Gasteiger charge is 2.36. The zero-order valence-electron chi connectivity index (χ0n) is 9.36. The summed E-state index contributed by atoms with van der Waals surface area (Å²) in [5.74, 6) is -0.507. The van der Waals surface area contributed by atoms with Gasteiger partial charge in [-0.1, -0.05) is 65.7 Å². The second-order valence-electron chi connectivity index (χ2n) is 4.09. The van der Waals surface area contributed by atoms with Gasteiger partial charge in [0.25, 0.3) is 0 Å². The van der Waals surface area contributed by atoms with Gasteiger partial charge < -0.3 is 0 Å². The Balaban J connectivity index is 2.36. The van der Waals surface area contributed by atoms with Crippen molar-refractivity contribution in [3.05, 3.63) is 54.1 Å². The fraction of sp³-hybridized carbons (Fsp3) is 0.214. The van der Waals surface area contributed by atoms with Gasteiger partial charge in [0.05, 0.1) is 5.92 Å². The summed E-state index contributed by atoms with van der Waals surface area (Å²) >= 11 is 12.4. The van der Waals surface area contributed by atoms with Gasteiger partial charge in [-0.3, -0.25) is 4.79 Å². The maximum Gasteiger partial charge on any atom is 0.150 e. The van der Waals surface area contributed by atoms with Crippen LogP contribution >= 0.6 is 23.2 Å². The van der Waals surface area contributed by atoms with Gasteiger partial charge in [-0.15, -0.1) is 0 Å². The van der Waals surface area contributed by atoms with Crippen molar-refractivity contribution >= 4 is 34.6 Å². The minimum Gasteiger partial charge on any atom is -0.299 e. The van der Waals surface area contributed by atoms with Gasteiger partial charge >= 0.3 is 0 Å². The van der Waals surface area contributed by atoms with E-state index in [1.807, 2.05) is 36.4 Å². The van der Waals surface area contributed by atoms with Crippen molar-refractivity contribution < 1.29 is 4.79 Å². The van der Waals surface area contributed by atoms with Crippen LogP contribution in [0.5, 0.6) is 0 Å². The van der Waals surface area contributed by atoms with Crippen molar-refractivity contribution in [3.63, 3.8) is 0 Å². The number of hydrogen-bond acceptors (Lipinski definition) is 1. The Bertz CT molecular complexity index is 486. The van der Waals surface area contributed by atoms with Crippen LogP contribution in [-0.2, 0) is 4.79 Å². The van der Waals surface area contributed by atoms with Crippen LogP contribution in [-0.4, -0.2) is 10.1 Å². The van der Waals surface area contributed by atoms with E-state index in [0.717, 1.165) is 11.1 Å². The van der Waals surface area contributed by atoms with E-state index in [1.54, 1.807) is 12.2 Å². The average Bonchev–Trinajstić information content (AvgIpc) is 2.28. The second kappa shape index (κ2) is 4.67. The Hall–Kier alpha value is -1.05. The number of rotatable bonds is 2. The molecule has 1 atom stereocenters. The first kappa shape index (κ1) is 12.4.